The van der Waals surface area contributed by atoms with Gasteiger partial charge in [-0.1, -0.05) is 178 Å². The van der Waals surface area contributed by atoms with Crippen LogP contribution in [-0.2, 0) is 16.2 Å². The fourth-order valence-corrected chi connectivity index (χ4v) is 13.6. The highest BCUT2D eigenvalue weighted by molar-refractivity contribution is 7.00. The van der Waals surface area contributed by atoms with Crippen LogP contribution >= 0.6 is 0 Å². The Bertz CT molecular complexity index is 4290. The summed E-state index contributed by atoms with van der Waals surface area (Å²) in [4.78, 5) is 7.75. The van der Waals surface area contributed by atoms with Crippen molar-refractivity contribution in [1.82, 2.24) is 4.57 Å². The number of fused-ring (bicyclic) bond motifs is 7. The predicted molar refractivity (Wildman–Crippen MR) is 355 cm³/mol. The highest BCUT2D eigenvalue weighted by Crippen LogP contribution is 2.50. The van der Waals surface area contributed by atoms with Gasteiger partial charge in [-0.15, -0.1) is 0 Å². The van der Waals surface area contributed by atoms with Crippen molar-refractivity contribution in [1.29, 1.82) is 0 Å². The summed E-state index contributed by atoms with van der Waals surface area (Å²) in [5, 5.41) is 2.47. The Hall–Kier alpha value is -8.54. The second-order valence-corrected chi connectivity index (χ2v) is 26.6. The Labute approximate surface area is 487 Å². The van der Waals surface area contributed by atoms with Crippen molar-refractivity contribution in [3.63, 3.8) is 0 Å². The van der Waals surface area contributed by atoms with Gasteiger partial charge in [0.1, 0.15) is 0 Å². The molecule has 2 aliphatic rings. The highest BCUT2D eigenvalue weighted by Gasteiger charge is 2.44. The van der Waals surface area contributed by atoms with Crippen LogP contribution in [0.15, 0.2) is 200 Å². The first-order valence-electron chi connectivity index (χ1n) is 29.4. The summed E-state index contributed by atoms with van der Waals surface area (Å²) < 4.78 is 2.44. The van der Waals surface area contributed by atoms with E-state index < -0.39 is 0 Å². The summed E-state index contributed by atoms with van der Waals surface area (Å²) >= 11 is 0. The first-order valence-corrected chi connectivity index (χ1v) is 29.4. The quantitative estimate of drug-likeness (QED) is 0.148. The Balaban J connectivity index is 1.11. The van der Waals surface area contributed by atoms with E-state index in [9.17, 15) is 0 Å². The van der Waals surface area contributed by atoms with Gasteiger partial charge in [-0.2, -0.15) is 0 Å². The summed E-state index contributed by atoms with van der Waals surface area (Å²) in [6, 6.07) is 76.5. The predicted octanol–water partition coefficient (Wildman–Crippen LogP) is 19.4. The molecule has 11 aromatic rings. The molecule has 2 aliphatic heterocycles. The lowest BCUT2D eigenvalue weighted by Gasteiger charge is -2.45. The zero-order chi connectivity index (χ0) is 57.3. The Kier molecular flexibility index (Phi) is 12.4. The standard InChI is InChI=1S/C77H75BN4/c1-48-39-70-73-71(40-48)82(61-43-49(2)72(50(3)44-61)53-23-17-15-18-24-53)69-47-60(35-38-65(69)78(73)64-37-31-55(76(9,10)11)45-68(64)81(70)58-32-29-54(30-33-58)75(6,7)8)79(74-51(4)41-56(42-52(74)5)77(12,13)14)59-34-36-63-62-27-21-22-28-66(62)80(67(63)46-59)57-25-19-16-20-26-57/h15-47H,1-14H3. The number of aryl methyl sites for hydroxylation is 5. The molecule has 0 saturated heterocycles. The lowest BCUT2D eigenvalue weighted by molar-refractivity contribution is 0.589. The number of benzene rings is 10. The third kappa shape index (κ3) is 8.74. The van der Waals surface area contributed by atoms with Crippen molar-refractivity contribution in [3.05, 3.63) is 245 Å². The normalized spacial score (nSPS) is 13.2. The minimum atomic E-state index is -0.0596. The molecule has 5 heteroatoms. The number of para-hydroxylation sites is 2. The molecule has 0 bridgehead atoms. The molecule has 4 nitrogen and oxygen atoms in total. The van der Waals surface area contributed by atoms with Crippen LogP contribution in [0.2, 0.25) is 0 Å². The molecule has 0 aliphatic carbocycles. The average Bonchev–Trinajstić information content (AvgIpc) is 1.16. The number of hydrogen-bond donors (Lipinski definition) is 0. The molecule has 0 fully saturated rings. The van der Waals surface area contributed by atoms with Crippen LogP contribution in [0, 0.1) is 34.6 Å². The van der Waals surface area contributed by atoms with Crippen molar-refractivity contribution < 1.29 is 0 Å². The Morgan fingerprint density at radius 3 is 1.50 bits per heavy atom. The van der Waals surface area contributed by atoms with Crippen LogP contribution in [0.5, 0.6) is 0 Å². The molecule has 406 valence electrons. The molecule has 0 saturated carbocycles. The molecule has 1 aromatic heterocycles. The van der Waals surface area contributed by atoms with E-state index in [0.29, 0.717) is 0 Å². The van der Waals surface area contributed by atoms with Crippen LogP contribution in [0.3, 0.4) is 0 Å². The van der Waals surface area contributed by atoms with Gasteiger partial charge in [0, 0.05) is 62.0 Å². The van der Waals surface area contributed by atoms with Gasteiger partial charge in [-0.3, -0.25) is 0 Å². The zero-order valence-electron chi connectivity index (χ0n) is 50.4. The van der Waals surface area contributed by atoms with Crippen molar-refractivity contribution >= 4 is 96.1 Å². The second-order valence-electron chi connectivity index (χ2n) is 26.6. The monoisotopic (exact) mass is 1070 g/mol. The molecule has 0 N–H and O–H groups in total. The van der Waals surface area contributed by atoms with Crippen LogP contribution in [0.1, 0.15) is 107 Å². The molecule has 0 spiro atoms. The number of anilines is 9. The van der Waals surface area contributed by atoms with Crippen LogP contribution in [0.4, 0.5) is 51.2 Å². The van der Waals surface area contributed by atoms with Gasteiger partial charge in [-0.25, -0.2) is 0 Å². The number of aromatic nitrogens is 1. The molecular formula is C77H75BN4. The third-order valence-electron chi connectivity index (χ3n) is 17.7. The van der Waals surface area contributed by atoms with E-state index >= 15 is 0 Å². The third-order valence-corrected chi connectivity index (χ3v) is 17.7. The summed E-state index contributed by atoms with van der Waals surface area (Å²) in [7, 11) is 0. The molecule has 82 heavy (non-hydrogen) atoms. The van der Waals surface area contributed by atoms with E-state index in [0.717, 1.165) is 22.7 Å². The van der Waals surface area contributed by atoms with Crippen LogP contribution in [-0.4, -0.2) is 11.3 Å². The van der Waals surface area contributed by atoms with Gasteiger partial charge < -0.3 is 19.3 Å². The SMILES string of the molecule is Cc1cc2c3c(c1)N(c1ccc(C(C)(C)C)cc1)c1cc(C(C)(C)C)ccc1B3c1ccc(N(c3ccc4c5ccccc5n(-c5ccccc5)c4c3)c3c(C)cc(C(C)(C)C)cc3C)cc1N2c1cc(C)c(-c2ccccc2)c(C)c1. The van der Waals surface area contributed by atoms with Crippen molar-refractivity contribution in [3.8, 4) is 16.8 Å². The topological polar surface area (TPSA) is 14.7 Å². The maximum absolute atomic E-state index is 2.61. The summed E-state index contributed by atoms with van der Waals surface area (Å²) in [6.07, 6.45) is 0. The van der Waals surface area contributed by atoms with E-state index in [1.165, 1.54) is 128 Å². The van der Waals surface area contributed by atoms with Crippen LogP contribution < -0.4 is 31.1 Å². The first kappa shape index (κ1) is 52.8. The summed E-state index contributed by atoms with van der Waals surface area (Å²) in [5.74, 6) is 0. The van der Waals surface area contributed by atoms with Crippen molar-refractivity contribution in [2.24, 2.45) is 0 Å². The van der Waals surface area contributed by atoms with Gasteiger partial charge in [-0.05, 0) is 208 Å². The van der Waals surface area contributed by atoms with E-state index in [-0.39, 0.29) is 23.0 Å². The molecule has 0 amide bonds. The molecule has 3 heterocycles. The van der Waals surface area contributed by atoms with E-state index in [2.05, 4.69) is 316 Å². The summed E-state index contributed by atoms with van der Waals surface area (Å²) in [5.41, 5.74) is 30.6. The average molecular weight is 1070 g/mol. The fraction of sp³-hybridized carbons (Fsp3) is 0.221. The molecule has 13 rings (SSSR count). The van der Waals surface area contributed by atoms with Gasteiger partial charge in [0.25, 0.3) is 6.71 Å². The summed E-state index contributed by atoms with van der Waals surface area (Å²) in [6.45, 7) is 32.3. The number of hydrogen-bond acceptors (Lipinski definition) is 3. The number of rotatable bonds is 7. The minimum Gasteiger partial charge on any atom is -0.311 e. The van der Waals surface area contributed by atoms with Gasteiger partial charge in [0.2, 0.25) is 0 Å². The molecule has 0 atom stereocenters. The van der Waals surface area contributed by atoms with Crippen LogP contribution in [0.25, 0.3) is 38.6 Å². The van der Waals surface area contributed by atoms with Crippen molar-refractivity contribution in [2.75, 3.05) is 14.7 Å². The van der Waals surface area contributed by atoms with E-state index in [4.69, 9.17) is 0 Å². The van der Waals surface area contributed by atoms with Gasteiger partial charge in [0.05, 0.1) is 16.7 Å². The highest BCUT2D eigenvalue weighted by atomic mass is 15.2. The number of nitrogens with zero attached hydrogens (tertiary/aromatic N) is 4. The van der Waals surface area contributed by atoms with Gasteiger partial charge >= 0.3 is 0 Å². The van der Waals surface area contributed by atoms with Gasteiger partial charge in [0.15, 0.2) is 0 Å². The molecule has 0 radical (unpaired) electrons. The van der Waals surface area contributed by atoms with Crippen molar-refractivity contribution in [2.45, 2.75) is 113 Å². The minimum absolute atomic E-state index is 0.0210. The maximum atomic E-state index is 2.61. The maximum Gasteiger partial charge on any atom is 0.252 e. The largest absolute Gasteiger partial charge is 0.311 e. The molecular weight excluding hydrogens is 992 g/mol. The Morgan fingerprint density at radius 2 is 0.878 bits per heavy atom. The second kappa shape index (κ2) is 19.3. The van der Waals surface area contributed by atoms with E-state index in [1.807, 2.05) is 0 Å². The lowest BCUT2D eigenvalue weighted by Crippen LogP contribution is -2.61. The smallest absolute Gasteiger partial charge is 0.252 e. The Morgan fingerprint density at radius 1 is 0.366 bits per heavy atom. The lowest BCUT2D eigenvalue weighted by atomic mass is 9.33. The van der Waals surface area contributed by atoms with E-state index in [1.54, 1.807) is 0 Å². The zero-order valence-corrected chi connectivity index (χ0v) is 50.4. The molecule has 0 unspecified atom stereocenters. The first-order chi connectivity index (χ1) is 39.1. The molecule has 10 aromatic carbocycles. The fourth-order valence-electron chi connectivity index (χ4n) is 13.6.